The number of benzene rings is 2. The summed E-state index contributed by atoms with van der Waals surface area (Å²) in [7, 11) is 0. The van der Waals surface area contributed by atoms with Gasteiger partial charge in [-0.15, -0.1) is 0 Å². The van der Waals surface area contributed by atoms with Crippen molar-refractivity contribution in [3.05, 3.63) is 197 Å². The highest BCUT2D eigenvalue weighted by atomic mass is 15.2. The van der Waals surface area contributed by atoms with E-state index in [4.69, 9.17) is 0 Å². The van der Waals surface area contributed by atoms with E-state index < -0.39 is 0 Å². The van der Waals surface area contributed by atoms with E-state index in [9.17, 15) is 0 Å². The van der Waals surface area contributed by atoms with Crippen molar-refractivity contribution in [2.45, 2.75) is 70.3 Å². The van der Waals surface area contributed by atoms with Gasteiger partial charge in [0.05, 0.1) is 0 Å². The van der Waals surface area contributed by atoms with E-state index in [1.54, 1.807) is 16.8 Å². The van der Waals surface area contributed by atoms with E-state index in [-0.39, 0.29) is 0 Å². The Balaban J connectivity index is 0.919. The van der Waals surface area contributed by atoms with Crippen molar-refractivity contribution in [1.82, 2.24) is 4.90 Å². The lowest BCUT2D eigenvalue weighted by Crippen LogP contribution is -2.36. The van der Waals surface area contributed by atoms with Gasteiger partial charge in [-0.05, 0) is 134 Å². The van der Waals surface area contributed by atoms with E-state index in [0.717, 1.165) is 32.1 Å². The molecule has 8 aliphatic rings. The summed E-state index contributed by atoms with van der Waals surface area (Å²) in [5.74, 6) is 2.59. The third kappa shape index (κ3) is 6.24. The first-order valence-electron chi connectivity index (χ1n) is 20.8. The second kappa shape index (κ2) is 14.6. The van der Waals surface area contributed by atoms with Crippen LogP contribution in [0.5, 0.6) is 0 Å². The zero-order chi connectivity index (χ0) is 35.8. The van der Waals surface area contributed by atoms with Gasteiger partial charge in [-0.1, -0.05) is 134 Å². The van der Waals surface area contributed by atoms with Crippen molar-refractivity contribution in [1.29, 1.82) is 0 Å². The SMILES string of the molecule is C1=CCC2C(=C1)C=CC1=C2N(C2=CC(C3C=CC(N(C4=CCC(C5=CCCC=C5)CC4)c4ccc(-c5ccccc5)cc4)=CC3)CC=C2)C2CCC=CC12. The molecule has 7 aliphatic carbocycles. The minimum atomic E-state index is 0.469. The van der Waals surface area contributed by atoms with Gasteiger partial charge < -0.3 is 9.80 Å². The summed E-state index contributed by atoms with van der Waals surface area (Å²) < 4.78 is 0. The van der Waals surface area contributed by atoms with Crippen molar-refractivity contribution >= 4 is 5.69 Å². The monoisotopic (exact) mass is 704 g/mol. The molecule has 0 saturated carbocycles. The van der Waals surface area contributed by atoms with Crippen LogP contribution in [-0.4, -0.2) is 10.9 Å². The first-order chi connectivity index (χ1) is 26.8. The van der Waals surface area contributed by atoms with Crippen LogP contribution in [-0.2, 0) is 0 Å². The van der Waals surface area contributed by atoms with Gasteiger partial charge >= 0.3 is 0 Å². The summed E-state index contributed by atoms with van der Waals surface area (Å²) in [4.78, 5) is 5.37. The summed E-state index contributed by atoms with van der Waals surface area (Å²) >= 11 is 0. The number of hydrogen-bond acceptors (Lipinski definition) is 2. The van der Waals surface area contributed by atoms with Crippen molar-refractivity contribution in [2.24, 2.45) is 29.6 Å². The molecule has 54 heavy (non-hydrogen) atoms. The molecule has 10 rings (SSSR count). The third-order valence-electron chi connectivity index (χ3n) is 13.3. The molecule has 2 aromatic carbocycles. The zero-order valence-corrected chi connectivity index (χ0v) is 31.4. The first-order valence-corrected chi connectivity index (χ1v) is 20.8. The van der Waals surface area contributed by atoms with Crippen molar-refractivity contribution in [2.75, 3.05) is 4.90 Å². The van der Waals surface area contributed by atoms with E-state index >= 15 is 0 Å². The van der Waals surface area contributed by atoms with Crippen molar-refractivity contribution in [3.63, 3.8) is 0 Å². The van der Waals surface area contributed by atoms with Crippen LogP contribution in [0.1, 0.15) is 64.2 Å². The fourth-order valence-corrected chi connectivity index (χ4v) is 10.5. The Morgan fingerprint density at radius 2 is 1.54 bits per heavy atom. The molecule has 1 aliphatic heterocycles. The maximum absolute atomic E-state index is 2.80. The lowest BCUT2D eigenvalue weighted by Gasteiger charge is -2.39. The van der Waals surface area contributed by atoms with Crippen molar-refractivity contribution < 1.29 is 0 Å². The highest BCUT2D eigenvalue weighted by Gasteiger charge is 2.45. The molecule has 0 saturated heterocycles. The minimum Gasteiger partial charge on any atom is -0.340 e. The van der Waals surface area contributed by atoms with E-state index in [1.807, 2.05) is 0 Å². The molecule has 6 atom stereocenters. The Morgan fingerprint density at radius 3 is 2.35 bits per heavy atom. The van der Waals surface area contributed by atoms with Gasteiger partial charge in [0.15, 0.2) is 0 Å². The quantitative estimate of drug-likeness (QED) is 0.265. The summed E-state index contributed by atoms with van der Waals surface area (Å²) in [5, 5.41) is 0. The lowest BCUT2D eigenvalue weighted by atomic mass is 9.79. The van der Waals surface area contributed by atoms with Crippen LogP contribution in [0.25, 0.3) is 11.1 Å². The van der Waals surface area contributed by atoms with Gasteiger partial charge in [-0.25, -0.2) is 0 Å². The number of allylic oxidation sites excluding steroid dienone is 19. The Morgan fingerprint density at radius 1 is 0.630 bits per heavy atom. The van der Waals surface area contributed by atoms with E-state index in [1.165, 1.54) is 71.6 Å². The Bertz CT molecular complexity index is 2150. The Labute approximate surface area is 322 Å². The topological polar surface area (TPSA) is 6.48 Å². The second-order valence-corrected chi connectivity index (χ2v) is 16.4. The molecule has 0 aromatic heterocycles. The molecule has 270 valence electrons. The molecule has 0 bridgehead atoms. The smallest absolute Gasteiger partial charge is 0.0458 e. The Hall–Kier alpha value is -5.08. The second-order valence-electron chi connectivity index (χ2n) is 16.4. The number of rotatable bonds is 7. The highest BCUT2D eigenvalue weighted by molar-refractivity contribution is 5.69. The van der Waals surface area contributed by atoms with Gasteiger partial charge in [0.25, 0.3) is 0 Å². The highest BCUT2D eigenvalue weighted by Crippen LogP contribution is 2.51. The van der Waals surface area contributed by atoms with Crippen LogP contribution < -0.4 is 4.90 Å². The molecule has 0 fully saturated rings. The molecule has 0 N–H and O–H groups in total. The van der Waals surface area contributed by atoms with Crippen LogP contribution in [0, 0.1) is 29.6 Å². The molecule has 2 aromatic rings. The molecule has 6 unspecified atom stereocenters. The molecule has 0 spiro atoms. The predicted octanol–water partition coefficient (Wildman–Crippen LogP) is 13.0. The van der Waals surface area contributed by atoms with Gasteiger partial charge in [0, 0.05) is 46.4 Å². The number of nitrogens with zero attached hydrogens (tertiary/aromatic N) is 2. The maximum Gasteiger partial charge on any atom is 0.0458 e. The molecule has 1 heterocycles. The number of anilines is 1. The van der Waals surface area contributed by atoms with Gasteiger partial charge in [-0.3, -0.25) is 0 Å². The summed E-state index contributed by atoms with van der Waals surface area (Å²) in [6, 6.07) is 20.5. The first kappa shape index (κ1) is 33.5. The van der Waals surface area contributed by atoms with Gasteiger partial charge in [0.1, 0.15) is 0 Å². The molecule has 0 radical (unpaired) electrons. The third-order valence-corrected chi connectivity index (χ3v) is 13.3. The van der Waals surface area contributed by atoms with Crippen LogP contribution in [0.4, 0.5) is 5.69 Å². The normalized spacial score (nSPS) is 29.5. The van der Waals surface area contributed by atoms with Crippen LogP contribution in [0.3, 0.4) is 0 Å². The largest absolute Gasteiger partial charge is 0.340 e. The van der Waals surface area contributed by atoms with Crippen molar-refractivity contribution in [3.8, 4) is 11.1 Å². The van der Waals surface area contributed by atoms with Crippen LogP contribution in [0.15, 0.2) is 197 Å². The molecule has 2 heteroatoms. The fourth-order valence-electron chi connectivity index (χ4n) is 10.5. The minimum absolute atomic E-state index is 0.469. The molecular formula is C52H52N2. The average molecular weight is 705 g/mol. The van der Waals surface area contributed by atoms with Crippen LogP contribution >= 0.6 is 0 Å². The fraction of sp³-hybridized carbons (Fsp3) is 0.308. The molecular weight excluding hydrogens is 653 g/mol. The van der Waals surface area contributed by atoms with Gasteiger partial charge in [-0.2, -0.15) is 0 Å². The predicted molar refractivity (Wildman–Crippen MR) is 226 cm³/mol. The number of fused-ring (bicyclic) bond motifs is 4. The average Bonchev–Trinajstić information content (AvgIpc) is 3.60. The maximum atomic E-state index is 2.80. The van der Waals surface area contributed by atoms with E-state index in [0.29, 0.717) is 35.6 Å². The standard InChI is InChI=1S/C52H52N2/c1-3-12-37(13-4-1)39-22-29-44(30-23-39)53(45-31-24-40(25-32-45)38-14-5-2-6-15-38)46-33-26-41(27-34-46)43-17-11-18-47(36-43)54-51-21-10-9-20-49(51)50-35-28-42-16-7-8-19-48(42)52(50)54/h1,3-5,7-9,11-16,18,20,22-23,26,28-31,33-36,40-41,43,48-49,51H,2,6,10,17,19,21,24-25,27,32H2. The van der Waals surface area contributed by atoms with Crippen LogP contribution in [0.2, 0.25) is 0 Å². The summed E-state index contributed by atoms with van der Waals surface area (Å²) in [6.45, 7) is 0. The Kier molecular flexibility index (Phi) is 9.07. The molecule has 2 nitrogen and oxygen atoms in total. The zero-order valence-electron chi connectivity index (χ0n) is 31.4. The molecule has 0 amide bonds. The lowest BCUT2D eigenvalue weighted by molar-refractivity contribution is 0.275. The summed E-state index contributed by atoms with van der Waals surface area (Å²) in [6.07, 6.45) is 53.0. The van der Waals surface area contributed by atoms with E-state index in [2.05, 4.69) is 168 Å². The number of hydrogen-bond donors (Lipinski definition) is 0. The summed E-state index contributed by atoms with van der Waals surface area (Å²) in [5.41, 5.74) is 14.1. The van der Waals surface area contributed by atoms with Gasteiger partial charge in [0.2, 0.25) is 0 Å².